The third kappa shape index (κ3) is 5.42. The average Bonchev–Trinajstić information content (AvgIpc) is 2.75. The van der Waals surface area contributed by atoms with Crippen LogP contribution in [0.5, 0.6) is 0 Å². The zero-order chi connectivity index (χ0) is 23.8. The van der Waals surface area contributed by atoms with E-state index in [2.05, 4.69) is 29.2 Å². The highest BCUT2D eigenvalue weighted by molar-refractivity contribution is 5.93. The van der Waals surface area contributed by atoms with Crippen LogP contribution in [0, 0.1) is 18.3 Å². The molecule has 2 fully saturated rings. The smallest absolute Gasteiger partial charge is 0.368 e. The van der Waals surface area contributed by atoms with Gasteiger partial charge in [-0.25, -0.2) is 0 Å². The Balaban J connectivity index is 1.53. The minimum atomic E-state index is -4.32. The fourth-order valence-electron chi connectivity index (χ4n) is 5.21. The summed E-state index contributed by atoms with van der Waals surface area (Å²) >= 11 is 0. The number of aryl methyl sites for hydroxylation is 1. The SMILES string of the molecule is Cc1ccc(N2C[C@H](NC(=O)CC3(C)CCN(C)CC3)C[C@H](C(F)(F)F)C2)c2cccnc12. The Morgan fingerprint density at radius 1 is 1.21 bits per heavy atom. The molecule has 2 aliphatic heterocycles. The summed E-state index contributed by atoms with van der Waals surface area (Å²) in [5.41, 5.74) is 2.40. The van der Waals surface area contributed by atoms with Crippen molar-refractivity contribution in [3.05, 3.63) is 36.0 Å². The van der Waals surface area contributed by atoms with Crippen molar-refractivity contribution in [1.29, 1.82) is 0 Å². The van der Waals surface area contributed by atoms with Gasteiger partial charge in [-0.2, -0.15) is 13.2 Å². The monoisotopic (exact) mass is 462 g/mol. The summed E-state index contributed by atoms with van der Waals surface area (Å²) in [6.07, 6.45) is -0.526. The van der Waals surface area contributed by atoms with E-state index in [1.165, 1.54) is 0 Å². The standard InChI is InChI=1S/C25H33F3N4O/c1-17-6-7-21(20-5-4-10-29-23(17)20)32-15-18(25(26,27)28)13-19(16-32)30-22(33)14-24(2)8-11-31(3)12-9-24/h4-7,10,18-19H,8-9,11-16H2,1-3H3,(H,30,33)/t18-,19+/m0/s1. The van der Waals surface area contributed by atoms with Gasteiger partial charge in [0.2, 0.25) is 5.91 Å². The number of piperidine rings is 2. The number of halogens is 3. The highest BCUT2D eigenvalue weighted by atomic mass is 19.4. The number of alkyl halides is 3. The molecule has 5 nitrogen and oxygen atoms in total. The molecule has 1 aromatic carbocycles. The molecule has 1 N–H and O–H groups in total. The number of nitrogens with one attached hydrogen (secondary N) is 1. The summed E-state index contributed by atoms with van der Waals surface area (Å²) in [6.45, 7) is 6.16. The fourth-order valence-corrected chi connectivity index (χ4v) is 5.21. The van der Waals surface area contributed by atoms with Crippen LogP contribution in [-0.4, -0.2) is 61.2 Å². The van der Waals surface area contributed by atoms with E-state index < -0.39 is 18.1 Å². The molecular formula is C25H33F3N4O. The number of aromatic nitrogens is 1. The van der Waals surface area contributed by atoms with Gasteiger partial charge in [-0.3, -0.25) is 9.78 Å². The lowest BCUT2D eigenvalue weighted by atomic mass is 9.77. The molecular weight excluding hydrogens is 429 g/mol. The second-order valence-corrected chi connectivity index (χ2v) is 10.2. The molecule has 1 amide bonds. The summed E-state index contributed by atoms with van der Waals surface area (Å²) < 4.78 is 41.5. The normalized spacial score (nSPS) is 24.1. The van der Waals surface area contributed by atoms with Crippen LogP contribution in [0.1, 0.15) is 38.2 Å². The van der Waals surface area contributed by atoms with Gasteiger partial charge >= 0.3 is 6.18 Å². The van der Waals surface area contributed by atoms with Crippen LogP contribution >= 0.6 is 0 Å². The highest BCUT2D eigenvalue weighted by Crippen LogP contribution is 2.38. The quantitative estimate of drug-likeness (QED) is 0.725. The summed E-state index contributed by atoms with van der Waals surface area (Å²) in [4.78, 5) is 21.3. The number of hydrogen-bond acceptors (Lipinski definition) is 4. The molecule has 33 heavy (non-hydrogen) atoms. The van der Waals surface area contributed by atoms with E-state index in [4.69, 9.17) is 0 Å². The Hall–Kier alpha value is -2.35. The fraction of sp³-hybridized carbons (Fsp3) is 0.600. The van der Waals surface area contributed by atoms with E-state index in [1.807, 2.05) is 25.1 Å². The zero-order valence-electron chi connectivity index (χ0n) is 19.6. The second-order valence-electron chi connectivity index (χ2n) is 10.2. The number of rotatable bonds is 4. The van der Waals surface area contributed by atoms with Crippen molar-refractivity contribution in [2.75, 3.05) is 38.1 Å². The molecule has 0 unspecified atom stereocenters. The van der Waals surface area contributed by atoms with Crippen molar-refractivity contribution in [2.45, 2.75) is 51.7 Å². The van der Waals surface area contributed by atoms with Gasteiger partial charge in [0.15, 0.2) is 0 Å². The first kappa shape index (κ1) is 23.8. The molecule has 2 atom stereocenters. The van der Waals surface area contributed by atoms with Gasteiger partial charge in [-0.1, -0.05) is 13.0 Å². The maximum Gasteiger partial charge on any atom is 0.393 e. The Bertz CT molecular complexity index is 1000. The molecule has 1 aromatic heterocycles. The Morgan fingerprint density at radius 2 is 1.94 bits per heavy atom. The van der Waals surface area contributed by atoms with Crippen molar-refractivity contribution in [1.82, 2.24) is 15.2 Å². The van der Waals surface area contributed by atoms with Gasteiger partial charge < -0.3 is 15.1 Å². The first-order valence-electron chi connectivity index (χ1n) is 11.7. The lowest BCUT2D eigenvalue weighted by Gasteiger charge is -2.41. The van der Waals surface area contributed by atoms with Gasteiger partial charge in [0.1, 0.15) is 0 Å². The minimum Gasteiger partial charge on any atom is -0.368 e. The number of benzene rings is 1. The number of anilines is 1. The summed E-state index contributed by atoms with van der Waals surface area (Å²) in [7, 11) is 2.07. The molecule has 0 spiro atoms. The molecule has 180 valence electrons. The molecule has 2 aliphatic rings. The molecule has 4 rings (SSSR count). The molecule has 0 radical (unpaired) electrons. The number of fused-ring (bicyclic) bond motifs is 1. The van der Waals surface area contributed by atoms with Crippen LogP contribution in [-0.2, 0) is 4.79 Å². The topological polar surface area (TPSA) is 48.5 Å². The van der Waals surface area contributed by atoms with Crippen molar-refractivity contribution in [3.8, 4) is 0 Å². The number of pyridine rings is 1. The summed E-state index contributed by atoms with van der Waals surface area (Å²) in [5, 5.41) is 3.79. The largest absolute Gasteiger partial charge is 0.393 e. The third-order valence-electron chi connectivity index (χ3n) is 7.35. The predicted molar refractivity (Wildman–Crippen MR) is 124 cm³/mol. The van der Waals surface area contributed by atoms with Crippen molar-refractivity contribution in [2.24, 2.45) is 11.3 Å². The minimum absolute atomic E-state index is 0.0900. The van der Waals surface area contributed by atoms with Crippen LogP contribution in [0.4, 0.5) is 18.9 Å². The molecule has 0 bridgehead atoms. The lowest BCUT2D eigenvalue weighted by Crippen LogP contribution is -2.54. The number of carbonyl (C=O) groups is 1. The van der Waals surface area contributed by atoms with E-state index in [0.29, 0.717) is 13.0 Å². The van der Waals surface area contributed by atoms with E-state index in [1.54, 1.807) is 17.2 Å². The van der Waals surface area contributed by atoms with Crippen LogP contribution in [0.2, 0.25) is 0 Å². The van der Waals surface area contributed by atoms with Crippen LogP contribution in [0.25, 0.3) is 10.9 Å². The second kappa shape index (κ2) is 9.12. The molecule has 2 saturated heterocycles. The molecule has 2 aromatic rings. The van der Waals surface area contributed by atoms with Crippen molar-refractivity contribution >= 4 is 22.5 Å². The van der Waals surface area contributed by atoms with Gasteiger partial charge in [0.05, 0.1) is 11.4 Å². The predicted octanol–water partition coefficient (Wildman–Crippen LogP) is 4.54. The number of carbonyl (C=O) groups excluding carboxylic acids is 1. The van der Waals surface area contributed by atoms with Gasteiger partial charge in [-0.05, 0) is 75.5 Å². The third-order valence-corrected chi connectivity index (χ3v) is 7.35. The van der Waals surface area contributed by atoms with Gasteiger partial charge in [0.25, 0.3) is 0 Å². The van der Waals surface area contributed by atoms with E-state index in [9.17, 15) is 18.0 Å². The van der Waals surface area contributed by atoms with E-state index in [-0.39, 0.29) is 24.3 Å². The van der Waals surface area contributed by atoms with Gasteiger partial charge in [0, 0.05) is 42.8 Å². The van der Waals surface area contributed by atoms with Crippen LogP contribution < -0.4 is 10.2 Å². The maximum atomic E-state index is 13.8. The Labute approximate surface area is 193 Å². The molecule has 8 heteroatoms. The summed E-state index contributed by atoms with van der Waals surface area (Å²) in [6, 6.07) is 6.92. The highest BCUT2D eigenvalue weighted by Gasteiger charge is 2.45. The van der Waals surface area contributed by atoms with E-state index in [0.717, 1.165) is 48.1 Å². The summed E-state index contributed by atoms with van der Waals surface area (Å²) in [5.74, 6) is -1.64. The maximum absolute atomic E-state index is 13.8. The first-order valence-corrected chi connectivity index (χ1v) is 11.7. The Kier molecular flexibility index (Phi) is 6.58. The van der Waals surface area contributed by atoms with Crippen LogP contribution in [0.3, 0.4) is 0 Å². The number of likely N-dealkylation sites (tertiary alicyclic amines) is 1. The first-order chi connectivity index (χ1) is 15.5. The van der Waals surface area contributed by atoms with Gasteiger partial charge in [-0.15, -0.1) is 0 Å². The van der Waals surface area contributed by atoms with Crippen molar-refractivity contribution in [3.63, 3.8) is 0 Å². The number of amides is 1. The zero-order valence-corrected chi connectivity index (χ0v) is 19.6. The van der Waals surface area contributed by atoms with E-state index >= 15 is 0 Å². The molecule has 0 aliphatic carbocycles. The molecule has 0 saturated carbocycles. The number of nitrogens with zero attached hydrogens (tertiary/aromatic N) is 3. The average molecular weight is 463 g/mol. The Morgan fingerprint density at radius 3 is 2.64 bits per heavy atom. The lowest BCUT2D eigenvalue weighted by molar-refractivity contribution is -0.178. The van der Waals surface area contributed by atoms with Crippen molar-refractivity contribution < 1.29 is 18.0 Å². The molecule has 3 heterocycles. The number of hydrogen-bond donors (Lipinski definition) is 1. The van der Waals surface area contributed by atoms with Crippen LogP contribution in [0.15, 0.2) is 30.5 Å².